The number of unbranched alkanes of at least 4 members (excludes halogenated alkanes) is 3. The lowest BCUT2D eigenvalue weighted by molar-refractivity contribution is 0.0690. The maximum atomic E-state index is 12.3. The van der Waals surface area contributed by atoms with Gasteiger partial charge in [0.05, 0.1) is 5.52 Å². The van der Waals surface area contributed by atoms with Crippen LogP contribution in [0.15, 0.2) is 23.0 Å². The first-order valence-electron chi connectivity index (χ1n) is 7.44. The quantitative estimate of drug-likeness (QED) is 0.797. The molecule has 4 heteroatoms. The zero-order chi connectivity index (χ0) is 15.4. The van der Waals surface area contributed by atoms with Crippen molar-refractivity contribution in [3.63, 3.8) is 0 Å². The Bertz CT molecular complexity index is 716. The molecule has 0 atom stereocenters. The zero-order valence-corrected chi connectivity index (χ0v) is 12.5. The average molecular weight is 287 g/mol. The Morgan fingerprint density at radius 3 is 2.67 bits per heavy atom. The molecule has 21 heavy (non-hydrogen) atoms. The normalized spacial score (nSPS) is 11.0. The van der Waals surface area contributed by atoms with Crippen LogP contribution in [0.5, 0.6) is 0 Å². The molecule has 112 valence electrons. The molecular formula is C17H21NO3. The maximum Gasteiger partial charge on any atom is 0.352 e. The van der Waals surface area contributed by atoms with E-state index < -0.39 is 5.97 Å². The standard InChI is InChI=1S/C17H21NO3/c1-3-4-5-6-8-12-9-7-10-13-15(12)18-14(17(20)21)11(2)16(13)19/h7,9-10H,3-6,8H2,1-2H3,(H,18,19)(H,20,21). The molecule has 4 nitrogen and oxygen atoms in total. The van der Waals surface area contributed by atoms with Crippen LogP contribution in [0, 0.1) is 6.92 Å². The molecule has 2 N–H and O–H groups in total. The van der Waals surface area contributed by atoms with Crippen molar-refractivity contribution in [2.75, 3.05) is 0 Å². The summed E-state index contributed by atoms with van der Waals surface area (Å²) in [5.41, 5.74) is 1.74. The highest BCUT2D eigenvalue weighted by atomic mass is 16.4. The number of carbonyl (C=O) groups is 1. The summed E-state index contributed by atoms with van der Waals surface area (Å²) < 4.78 is 0. The predicted molar refractivity (Wildman–Crippen MR) is 84.1 cm³/mol. The Kier molecular flexibility index (Phi) is 4.78. The summed E-state index contributed by atoms with van der Waals surface area (Å²) >= 11 is 0. The number of hydrogen-bond donors (Lipinski definition) is 2. The van der Waals surface area contributed by atoms with Gasteiger partial charge in [0, 0.05) is 10.9 Å². The van der Waals surface area contributed by atoms with Crippen LogP contribution in [-0.2, 0) is 6.42 Å². The van der Waals surface area contributed by atoms with Gasteiger partial charge in [-0.1, -0.05) is 38.3 Å². The molecule has 0 spiro atoms. The van der Waals surface area contributed by atoms with Crippen molar-refractivity contribution < 1.29 is 9.90 Å². The smallest absolute Gasteiger partial charge is 0.352 e. The monoisotopic (exact) mass is 287 g/mol. The number of carboxylic acids is 1. The fraction of sp³-hybridized carbons (Fsp3) is 0.412. The van der Waals surface area contributed by atoms with Crippen LogP contribution in [0.3, 0.4) is 0 Å². The number of fused-ring (bicyclic) bond motifs is 1. The van der Waals surface area contributed by atoms with Gasteiger partial charge in [-0.3, -0.25) is 4.79 Å². The second-order valence-electron chi connectivity index (χ2n) is 5.41. The first-order chi connectivity index (χ1) is 10.1. The number of aryl methyl sites for hydroxylation is 1. The second kappa shape index (κ2) is 6.57. The van der Waals surface area contributed by atoms with E-state index in [1.807, 2.05) is 12.1 Å². The molecule has 1 aromatic heterocycles. The van der Waals surface area contributed by atoms with E-state index >= 15 is 0 Å². The number of aromatic amines is 1. The third kappa shape index (κ3) is 3.15. The van der Waals surface area contributed by atoms with Crippen molar-refractivity contribution in [2.45, 2.75) is 46.0 Å². The molecule has 0 unspecified atom stereocenters. The number of carboxylic acid groups (broad SMARTS) is 1. The Balaban J connectivity index is 2.48. The lowest BCUT2D eigenvalue weighted by Gasteiger charge is -2.09. The highest BCUT2D eigenvalue weighted by molar-refractivity contribution is 5.92. The van der Waals surface area contributed by atoms with Gasteiger partial charge in [-0.15, -0.1) is 0 Å². The van der Waals surface area contributed by atoms with E-state index in [0.29, 0.717) is 10.9 Å². The predicted octanol–water partition coefficient (Wildman–Crippen LogP) is 3.66. The summed E-state index contributed by atoms with van der Waals surface area (Å²) in [6, 6.07) is 5.58. The first-order valence-corrected chi connectivity index (χ1v) is 7.44. The summed E-state index contributed by atoms with van der Waals surface area (Å²) in [6.45, 7) is 3.72. The Labute approximate surface area is 123 Å². The van der Waals surface area contributed by atoms with Gasteiger partial charge in [0.15, 0.2) is 5.43 Å². The Morgan fingerprint density at radius 1 is 1.24 bits per heavy atom. The fourth-order valence-electron chi connectivity index (χ4n) is 2.64. The maximum absolute atomic E-state index is 12.3. The van der Waals surface area contributed by atoms with Crippen molar-refractivity contribution in [1.82, 2.24) is 4.98 Å². The van der Waals surface area contributed by atoms with Gasteiger partial charge in [0.1, 0.15) is 5.69 Å². The van der Waals surface area contributed by atoms with Crippen LogP contribution in [0.25, 0.3) is 10.9 Å². The number of pyridine rings is 1. The molecule has 1 heterocycles. The van der Waals surface area contributed by atoms with E-state index in [1.165, 1.54) is 12.8 Å². The largest absolute Gasteiger partial charge is 0.477 e. The van der Waals surface area contributed by atoms with Gasteiger partial charge < -0.3 is 10.1 Å². The number of rotatable bonds is 6. The van der Waals surface area contributed by atoms with E-state index in [0.717, 1.165) is 24.8 Å². The summed E-state index contributed by atoms with van der Waals surface area (Å²) in [7, 11) is 0. The van der Waals surface area contributed by atoms with Crippen molar-refractivity contribution in [1.29, 1.82) is 0 Å². The van der Waals surface area contributed by atoms with Crippen LogP contribution >= 0.6 is 0 Å². The number of aromatic carboxylic acids is 1. The molecule has 0 aliphatic heterocycles. The number of nitrogens with one attached hydrogen (secondary N) is 1. The molecule has 0 bridgehead atoms. The number of benzene rings is 1. The SMILES string of the molecule is CCCCCCc1cccc2c(=O)c(C)c(C(=O)O)[nH]c12. The molecule has 0 aliphatic rings. The minimum Gasteiger partial charge on any atom is -0.477 e. The number of H-pyrrole nitrogens is 1. The third-order valence-electron chi connectivity index (χ3n) is 3.87. The van der Waals surface area contributed by atoms with Crippen molar-refractivity contribution in [2.24, 2.45) is 0 Å². The van der Waals surface area contributed by atoms with Gasteiger partial charge in [0.2, 0.25) is 0 Å². The molecule has 2 aromatic rings. The minimum absolute atomic E-state index is 0.00601. The average Bonchev–Trinajstić information content (AvgIpc) is 2.47. The molecule has 0 amide bonds. The topological polar surface area (TPSA) is 70.2 Å². The van der Waals surface area contributed by atoms with Crippen molar-refractivity contribution in [3.05, 3.63) is 45.2 Å². The van der Waals surface area contributed by atoms with Crippen LogP contribution < -0.4 is 5.43 Å². The molecule has 0 aliphatic carbocycles. The van der Waals surface area contributed by atoms with E-state index in [2.05, 4.69) is 11.9 Å². The number of para-hydroxylation sites is 1. The zero-order valence-electron chi connectivity index (χ0n) is 12.5. The molecular weight excluding hydrogens is 266 g/mol. The van der Waals surface area contributed by atoms with Gasteiger partial charge in [-0.2, -0.15) is 0 Å². The van der Waals surface area contributed by atoms with E-state index in [-0.39, 0.29) is 16.7 Å². The molecule has 2 rings (SSSR count). The van der Waals surface area contributed by atoms with Crippen LogP contribution in [0.1, 0.15) is 54.2 Å². The Morgan fingerprint density at radius 2 is 2.00 bits per heavy atom. The molecule has 0 saturated heterocycles. The highest BCUT2D eigenvalue weighted by Gasteiger charge is 2.15. The number of hydrogen-bond acceptors (Lipinski definition) is 2. The van der Waals surface area contributed by atoms with Gasteiger partial charge in [-0.25, -0.2) is 4.79 Å². The summed E-state index contributed by atoms with van der Waals surface area (Å²) in [4.78, 5) is 26.5. The first kappa shape index (κ1) is 15.3. The fourth-order valence-corrected chi connectivity index (χ4v) is 2.64. The molecule has 0 radical (unpaired) electrons. The molecule has 0 fully saturated rings. The molecule has 0 saturated carbocycles. The Hall–Kier alpha value is -2.10. The highest BCUT2D eigenvalue weighted by Crippen LogP contribution is 2.18. The van der Waals surface area contributed by atoms with Gasteiger partial charge in [0.25, 0.3) is 0 Å². The summed E-state index contributed by atoms with van der Waals surface area (Å²) in [5, 5.41) is 9.79. The van der Waals surface area contributed by atoms with Gasteiger partial charge >= 0.3 is 5.97 Å². The molecule has 1 aromatic carbocycles. The lowest BCUT2D eigenvalue weighted by Crippen LogP contribution is -2.16. The van der Waals surface area contributed by atoms with Gasteiger partial charge in [-0.05, 0) is 31.4 Å². The third-order valence-corrected chi connectivity index (χ3v) is 3.87. The van der Waals surface area contributed by atoms with E-state index in [9.17, 15) is 14.7 Å². The summed E-state index contributed by atoms with van der Waals surface area (Å²) in [6.07, 6.45) is 5.42. The second-order valence-corrected chi connectivity index (χ2v) is 5.41. The van der Waals surface area contributed by atoms with Crippen LogP contribution in [-0.4, -0.2) is 16.1 Å². The number of aromatic nitrogens is 1. The lowest BCUT2D eigenvalue weighted by atomic mass is 10.0. The van der Waals surface area contributed by atoms with Crippen LogP contribution in [0.4, 0.5) is 0 Å². The summed E-state index contributed by atoms with van der Waals surface area (Å²) in [5.74, 6) is -1.09. The van der Waals surface area contributed by atoms with Crippen molar-refractivity contribution >= 4 is 16.9 Å². The van der Waals surface area contributed by atoms with Crippen LogP contribution in [0.2, 0.25) is 0 Å². The minimum atomic E-state index is -1.09. The van der Waals surface area contributed by atoms with E-state index in [1.54, 1.807) is 13.0 Å². The van der Waals surface area contributed by atoms with Crippen molar-refractivity contribution in [3.8, 4) is 0 Å². The van der Waals surface area contributed by atoms with E-state index in [4.69, 9.17) is 0 Å².